The molecule has 0 radical (unpaired) electrons. The maximum absolute atomic E-state index is 5.12. The van der Waals surface area contributed by atoms with E-state index in [1.807, 2.05) is 37.3 Å². The van der Waals surface area contributed by atoms with Crippen molar-refractivity contribution in [3.05, 3.63) is 49.0 Å². The fourth-order valence-electron chi connectivity index (χ4n) is 1.20. The number of unbranched alkanes of at least 4 members (excludes halogenated alkanes) is 4. The fourth-order valence-corrected chi connectivity index (χ4v) is 1.20. The summed E-state index contributed by atoms with van der Waals surface area (Å²) >= 11 is 0. The molecule has 0 unspecified atom stereocenters. The van der Waals surface area contributed by atoms with E-state index in [0.29, 0.717) is 0 Å². The lowest BCUT2D eigenvalue weighted by Crippen LogP contribution is -1.73. The molecule has 0 aliphatic heterocycles. The monoisotopic (exact) mass is 220 g/mol. The third-order valence-corrected chi connectivity index (χ3v) is 2.09. The molecule has 0 heterocycles. The fraction of sp³-hybridized carbons (Fsp3) is 0.467. The van der Waals surface area contributed by atoms with Crippen LogP contribution in [0, 0.1) is 0 Å². The van der Waals surface area contributed by atoms with Gasteiger partial charge in [-0.2, -0.15) is 0 Å². The Labute approximate surface area is 100 Å². The summed E-state index contributed by atoms with van der Waals surface area (Å²) in [7, 11) is 0. The van der Waals surface area contributed by atoms with Crippen molar-refractivity contribution in [3.8, 4) is 0 Å². The lowest BCUT2D eigenvalue weighted by molar-refractivity contribution is 0.403. The zero-order chi connectivity index (χ0) is 11.9. The van der Waals surface area contributed by atoms with Crippen LogP contribution in [0.1, 0.15) is 46.0 Å². The molecule has 1 heteroatoms. The topological polar surface area (TPSA) is 9.23 Å². The molecule has 0 rings (SSSR count). The highest BCUT2D eigenvalue weighted by Crippen LogP contribution is 2.02. The first-order valence-electron chi connectivity index (χ1n) is 6.16. The minimum Gasteiger partial charge on any atom is -0.473 e. The van der Waals surface area contributed by atoms with Crippen LogP contribution in [0.15, 0.2) is 49.0 Å². The van der Waals surface area contributed by atoms with E-state index in [1.54, 1.807) is 12.5 Å². The second-order valence-electron chi connectivity index (χ2n) is 3.60. The Bertz CT molecular complexity index is 234. The van der Waals surface area contributed by atoms with Gasteiger partial charge in [-0.15, -0.1) is 0 Å². The smallest absolute Gasteiger partial charge is 0.0901 e. The summed E-state index contributed by atoms with van der Waals surface area (Å²) in [6.45, 7) is 4.21. The minimum absolute atomic E-state index is 1.17. The van der Waals surface area contributed by atoms with Crippen LogP contribution in [0.25, 0.3) is 0 Å². The predicted molar refractivity (Wildman–Crippen MR) is 72.1 cm³/mol. The van der Waals surface area contributed by atoms with Gasteiger partial charge in [0.25, 0.3) is 0 Å². The molecule has 0 aliphatic carbocycles. The molecule has 0 aliphatic rings. The number of allylic oxidation sites excluding steroid dienone is 6. The standard InChI is InChI=1S/C15H24O/c1-3-5-7-8-9-10-11-13-15-16-14-12-6-4-2/h4,6,10-15H,3,5,7-9H2,1-2H3. The zero-order valence-corrected chi connectivity index (χ0v) is 10.6. The maximum Gasteiger partial charge on any atom is 0.0901 e. The van der Waals surface area contributed by atoms with Crippen molar-refractivity contribution in [1.29, 1.82) is 0 Å². The first-order chi connectivity index (χ1) is 7.91. The number of hydrogen-bond acceptors (Lipinski definition) is 1. The summed E-state index contributed by atoms with van der Waals surface area (Å²) in [5, 5.41) is 0. The van der Waals surface area contributed by atoms with Gasteiger partial charge in [-0.1, -0.05) is 50.5 Å². The second-order valence-corrected chi connectivity index (χ2v) is 3.60. The quantitative estimate of drug-likeness (QED) is 0.297. The lowest BCUT2D eigenvalue weighted by atomic mass is 10.1. The van der Waals surface area contributed by atoms with Gasteiger partial charge in [0.15, 0.2) is 0 Å². The van der Waals surface area contributed by atoms with Gasteiger partial charge in [0.2, 0.25) is 0 Å². The highest BCUT2D eigenvalue weighted by Gasteiger charge is 1.82. The molecule has 0 N–H and O–H groups in total. The van der Waals surface area contributed by atoms with Crippen molar-refractivity contribution < 1.29 is 4.74 Å². The molecule has 1 nitrogen and oxygen atoms in total. The summed E-state index contributed by atoms with van der Waals surface area (Å²) in [6.07, 6.45) is 21.7. The summed E-state index contributed by atoms with van der Waals surface area (Å²) < 4.78 is 5.12. The zero-order valence-electron chi connectivity index (χ0n) is 10.6. The average Bonchev–Trinajstić information content (AvgIpc) is 2.31. The largest absolute Gasteiger partial charge is 0.473 e. The molecular formula is C15H24O. The molecule has 0 saturated carbocycles. The van der Waals surface area contributed by atoms with E-state index in [9.17, 15) is 0 Å². The van der Waals surface area contributed by atoms with Gasteiger partial charge >= 0.3 is 0 Å². The molecule has 90 valence electrons. The third kappa shape index (κ3) is 12.8. The molecular weight excluding hydrogens is 196 g/mol. The van der Waals surface area contributed by atoms with E-state index >= 15 is 0 Å². The van der Waals surface area contributed by atoms with Gasteiger partial charge < -0.3 is 4.74 Å². The molecule has 0 amide bonds. The molecule has 16 heavy (non-hydrogen) atoms. The SMILES string of the molecule is CC=CC=COC=CC=CCCCCCC. The van der Waals surface area contributed by atoms with E-state index < -0.39 is 0 Å². The van der Waals surface area contributed by atoms with E-state index in [4.69, 9.17) is 4.74 Å². The average molecular weight is 220 g/mol. The Kier molecular flexibility index (Phi) is 12.7. The highest BCUT2D eigenvalue weighted by atomic mass is 16.5. The third-order valence-electron chi connectivity index (χ3n) is 2.09. The number of ether oxygens (including phenoxy) is 1. The van der Waals surface area contributed by atoms with Crippen LogP contribution in [-0.4, -0.2) is 0 Å². The Hall–Kier alpha value is -1.24. The van der Waals surface area contributed by atoms with Crippen LogP contribution >= 0.6 is 0 Å². The van der Waals surface area contributed by atoms with Crippen LogP contribution in [0.5, 0.6) is 0 Å². The molecule has 0 fully saturated rings. The second kappa shape index (κ2) is 13.8. The molecule has 0 bridgehead atoms. The van der Waals surface area contributed by atoms with E-state index in [2.05, 4.69) is 13.0 Å². The summed E-state index contributed by atoms with van der Waals surface area (Å²) in [5.74, 6) is 0. The van der Waals surface area contributed by atoms with E-state index in [1.165, 1.54) is 32.1 Å². The van der Waals surface area contributed by atoms with Crippen molar-refractivity contribution >= 4 is 0 Å². The van der Waals surface area contributed by atoms with Gasteiger partial charge in [-0.05, 0) is 31.9 Å². The Morgan fingerprint density at radius 3 is 2.31 bits per heavy atom. The molecule has 0 aromatic carbocycles. The van der Waals surface area contributed by atoms with E-state index in [0.717, 1.165) is 0 Å². The van der Waals surface area contributed by atoms with Gasteiger partial charge in [0, 0.05) is 0 Å². The van der Waals surface area contributed by atoms with Gasteiger partial charge in [0.05, 0.1) is 12.5 Å². The first kappa shape index (κ1) is 14.8. The highest BCUT2D eigenvalue weighted by molar-refractivity contribution is 5.02. The Balaban J connectivity index is 3.34. The predicted octanol–water partition coefficient (Wildman–Crippen LogP) is 5.13. The van der Waals surface area contributed by atoms with Crippen molar-refractivity contribution in [2.75, 3.05) is 0 Å². The molecule has 0 atom stereocenters. The molecule has 0 saturated heterocycles. The summed E-state index contributed by atoms with van der Waals surface area (Å²) in [4.78, 5) is 0. The van der Waals surface area contributed by atoms with Crippen LogP contribution in [0.2, 0.25) is 0 Å². The molecule has 0 spiro atoms. The van der Waals surface area contributed by atoms with Crippen LogP contribution in [0.3, 0.4) is 0 Å². The molecule has 0 aromatic heterocycles. The van der Waals surface area contributed by atoms with Gasteiger partial charge in [0.1, 0.15) is 0 Å². The maximum atomic E-state index is 5.12. The van der Waals surface area contributed by atoms with Crippen molar-refractivity contribution in [2.24, 2.45) is 0 Å². The normalized spacial score (nSPS) is 12.6. The number of hydrogen-bond donors (Lipinski definition) is 0. The lowest BCUT2D eigenvalue weighted by Gasteiger charge is -1.93. The van der Waals surface area contributed by atoms with Crippen LogP contribution in [-0.2, 0) is 4.74 Å². The summed E-state index contributed by atoms with van der Waals surface area (Å²) in [6, 6.07) is 0. The van der Waals surface area contributed by atoms with Gasteiger partial charge in [-0.25, -0.2) is 0 Å². The first-order valence-corrected chi connectivity index (χ1v) is 6.16. The van der Waals surface area contributed by atoms with Crippen LogP contribution < -0.4 is 0 Å². The molecule has 0 aromatic rings. The Morgan fingerprint density at radius 2 is 1.62 bits per heavy atom. The van der Waals surface area contributed by atoms with Crippen molar-refractivity contribution in [3.63, 3.8) is 0 Å². The minimum atomic E-state index is 1.17. The Morgan fingerprint density at radius 1 is 0.875 bits per heavy atom. The van der Waals surface area contributed by atoms with Crippen molar-refractivity contribution in [2.45, 2.75) is 46.0 Å². The van der Waals surface area contributed by atoms with Crippen molar-refractivity contribution in [1.82, 2.24) is 0 Å². The summed E-state index contributed by atoms with van der Waals surface area (Å²) in [5.41, 5.74) is 0. The van der Waals surface area contributed by atoms with Crippen LogP contribution in [0.4, 0.5) is 0 Å². The van der Waals surface area contributed by atoms with Gasteiger partial charge in [-0.3, -0.25) is 0 Å². The number of rotatable bonds is 9. The van der Waals surface area contributed by atoms with E-state index in [-0.39, 0.29) is 0 Å².